The Morgan fingerprint density at radius 2 is 1.62 bits per heavy atom. The molecule has 0 aliphatic carbocycles. The van der Waals surface area contributed by atoms with E-state index in [1.807, 2.05) is 32.9 Å². The summed E-state index contributed by atoms with van der Waals surface area (Å²) in [7, 11) is 0. The molecule has 0 saturated heterocycles. The number of nitrogens with one attached hydrogen (secondary N) is 2. The van der Waals surface area contributed by atoms with Crippen molar-refractivity contribution in [2.75, 3.05) is 11.9 Å². The molecule has 5 heteroatoms. The fraction of sp³-hybridized carbons (Fsp3) is 0.263. The van der Waals surface area contributed by atoms with Crippen LogP contribution in [0.4, 0.5) is 10.1 Å². The van der Waals surface area contributed by atoms with Gasteiger partial charge in [0.05, 0.1) is 0 Å². The van der Waals surface area contributed by atoms with Gasteiger partial charge in [0, 0.05) is 17.6 Å². The van der Waals surface area contributed by atoms with Gasteiger partial charge in [0.1, 0.15) is 5.82 Å². The summed E-state index contributed by atoms with van der Waals surface area (Å²) < 4.78 is 13.0. The summed E-state index contributed by atoms with van der Waals surface area (Å²) in [5.74, 6) is -1.72. The van der Waals surface area contributed by atoms with Crippen molar-refractivity contribution in [2.45, 2.75) is 26.2 Å². The van der Waals surface area contributed by atoms with Crippen molar-refractivity contribution in [2.24, 2.45) is 0 Å². The molecule has 0 fully saturated rings. The van der Waals surface area contributed by atoms with Crippen LogP contribution in [-0.4, -0.2) is 18.4 Å². The second-order valence-electron chi connectivity index (χ2n) is 6.34. The van der Waals surface area contributed by atoms with Crippen molar-refractivity contribution in [3.8, 4) is 0 Å². The first-order valence-electron chi connectivity index (χ1n) is 7.70. The third kappa shape index (κ3) is 4.41. The summed E-state index contributed by atoms with van der Waals surface area (Å²) in [6.07, 6.45) is 0. The largest absolute Gasteiger partial charge is 0.347 e. The van der Waals surface area contributed by atoms with Gasteiger partial charge in [0.25, 0.3) is 0 Å². The second kappa shape index (κ2) is 7.25. The average molecular weight is 328 g/mol. The van der Waals surface area contributed by atoms with E-state index in [1.54, 1.807) is 24.3 Å². The highest BCUT2D eigenvalue weighted by Crippen LogP contribution is 2.22. The first-order chi connectivity index (χ1) is 11.3. The fourth-order valence-electron chi connectivity index (χ4n) is 2.28. The van der Waals surface area contributed by atoms with E-state index in [0.29, 0.717) is 5.69 Å². The van der Waals surface area contributed by atoms with Gasteiger partial charge < -0.3 is 10.6 Å². The third-order valence-electron chi connectivity index (χ3n) is 3.92. The molecule has 4 nitrogen and oxygen atoms in total. The summed E-state index contributed by atoms with van der Waals surface area (Å²) in [5, 5.41) is 5.22. The molecular formula is C19H21FN2O2. The molecule has 2 amide bonds. The molecule has 0 spiro atoms. The van der Waals surface area contributed by atoms with Gasteiger partial charge in [0.15, 0.2) is 0 Å². The number of aryl methyl sites for hydroxylation is 1. The number of hydrogen-bond donors (Lipinski definition) is 2. The number of rotatable bonds is 4. The van der Waals surface area contributed by atoms with Crippen molar-refractivity contribution >= 4 is 17.5 Å². The molecule has 0 heterocycles. The zero-order valence-corrected chi connectivity index (χ0v) is 14.0. The van der Waals surface area contributed by atoms with E-state index in [2.05, 4.69) is 10.6 Å². The van der Waals surface area contributed by atoms with Crippen LogP contribution in [0.5, 0.6) is 0 Å². The van der Waals surface area contributed by atoms with Gasteiger partial charge in [-0.05, 0) is 36.2 Å². The van der Waals surface area contributed by atoms with Crippen LogP contribution in [-0.2, 0) is 15.0 Å². The first kappa shape index (κ1) is 17.7. The number of carbonyl (C=O) groups excluding carboxylic acids is 2. The first-order valence-corrected chi connectivity index (χ1v) is 7.70. The monoisotopic (exact) mass is 328 g/mol. The van der Waals surface area contributed by atoms with E-state index in [9.17, 15) is 14.0 Å². The van der Waals surface area contributed by atoms with Gasteiger partial charge in [0.2, 0.25) is 0 Å². The van der Waals surface area contributed by atoms with E-state index < -0.39 is 17.2 Å². The van der Waals surface area contributed by atoms with Crippen molar-refractivity contribution in [3.63, 3.8) is 0 Å². The van der Waals surface area contributed by atoms with Crippen molar-refractivity contribution < 1.29 is 14.0 Å². The van der Waals surface area contributed by atoms with Gasteiger partial charge in [-0.2, -0.15) is 0 Å². The normalized spacial score (nSPS) is 11.0. The zero-order chi connectivity index (χ0) is 17.7. The van der Waals surface area contributed by atoms with Crippen LogP contribution < -0.4 is 10.6 Å². The molecule has 0 bridgehead atoms. The maximum atomic E-state index is 13.0. The highest BCUT2D eigenvalue weighted by atomic mass is 19.1. The number of amides is 2. The Kier molecular flexibility index (Phi) is 5.34. The van der Waals surface area contributed by atoms with Gasteiger partial charge in [-0.1, -0.05) is 44.2 Å². The van der Waals surface area contributed by atoms with E-state index in [4.69, 9.17) is 0 Å². The van der Waals surface area contributed by atoms with Crippen LogP contribution in [0.25, 0.3) is 0 Å². The molecule has 2 rings (SSSR count). The quantitative estimate of drug-likeness (QED) is 0.847. The second-order valence-corrected chi connectivity index (χ2v) is 6.34. The summed E-state index contributed by atoms with van der Waals surface area (Å²) >= 11 is 0. The topological polar surface area (TPSA) is 58.2 Å². The molecule has 2 aromatic carbocycles. The smallest absolute Gasteiger partial charge is 0.313 e. The lowest BCUT2D eigenvalue weighted by Crippen LogP contribution is -2.42. The Bertz CT molecular complexity index is 739. The van der Waals surface area contributed by atoms with Crippen LogP contribution >= 0.6 is 0 Å². The summed E-state index contributed by atoms with van der Waals surface area (Å²) in [6, 6.07) is 13.3. The highest BCUT2D eigenvalue weighted by molar-refractivity contribution is 6.39. The summed E-state index contributed by atoms with van der Waals surface area (Å²) in [4.78, 5) is 24.0. The van der Waals surface area contributed by atoms with E-state index in [1.165, 1.54) is 12.1 Å². The lowest BCUT2D eigenvalue weighted by molar-refractivity contribution is -0.136. The van der Waals surface area contributed by atoms with Crippen molar-refractivity contribution in [1.82, 2.24) is 5.32 Å². The number of halogens is 1. The van der Waals surface area contributed by atoms with Crippen LogP contribution in [0.2, 0.25) is 0 Å². The van der Waals surface area contributed by atoms with Gasteiger partial charge in [-0.25, -0.2) is 4.39 Å². The minimum absolute atomic E-state index is 0.263. The van der Waals surface area contributed by atoms with Crippen molar-refractivity contribution in [1.29, 1.82) is 0 Å². The maximum Gasteiger partial charge on any atom is 0.313 e. The van der Waals surface area contributed by atoms with Gasteiger partial charge in [-0.15, -0.1) is 0 Å². The number of benzene rings is 2. The Morgan fingerprint density at radius 1 is 1.00 bits per heavy atom. The maximum absolute atomic E-state index is 13.0. The van der Waals surface area contributed by atoms with E-state index in [-0.39, 0.29) is 12.4 Å². The van der Waals surface area contributed by atoms with Crippen molar-refractivity contribution in [3.05, 3.63) is 65.5 Å². The summed E-state index contributed by atoms with van der Waals surface area (Å²) in [6.45, 7) is 5.95. The Hall–Kier alpha value is -2.69. The standard InChI is InChI=1S/C19H21FN2O2/c1-13-6-4-5-7-16(13)22-18(24)17(23)21-12-19(2,3)14-8-10-15(20)11-9-14/h4-11H,12H2,1-3H3,(H,21,23)(H,22,24). The number of hydrogen-bond acceptors (Lipinski definition) is 2. The third-order valence-corrected chi connectivity index (χ3v) is 3.92. The molecule has 0 aliphatic rings. The zero-order valence-electron chi connectivity index (χ0n) is 14.0. The molecule has 0 aromatic heterocycles. The van der Waals surface area contributed by atoms with Crippen LogP contribution in [0.3, 0.4) is 0 Å². The lowest BCUT2D eigenvalue weighted by atomic mass is 9.84. The molecular weight excluding hydrogens is 307 g/mol. The molecule has 24 heavy (non-hydrogen) atoms. The molecule has 0 aliphatic heterocycles. The van der Waals surface area contributed by atoms with Gasteiger partial charge in [-0.3, -0.25) is 9.59 Å². The summed E-state index contributed by atoms with van der Waals surface area (Å²) in [5.41, 5.74) is 1.94. The molecule has 0 radical (unpaired) electrons. The number of para-hydroxylation sites is 1. The predicted molar refractivity (Wildman–Crippen MR) is 92.2 cm³/mol. The molecule has 126 valence electrons. The Balaban J connectivity index is 1.95. The number of anilines is 1. The Morgan fingerprint density at radius 3 is 2.25 bits per heavy atom. The van der Waals surface area contributed by atoms with E-state index >= 15 is 0 Å². The number of carbonyl (C=O) groups is 2. The van der Waals surface area contributed by atoms with Gasteiger partial charge >= 0.3 is 11.8 Å². The molecule has 0 saturated carbocycles. The molecule has 2 aromatic rings. The fourth-order valence-corrected chi connectivity index (χ4v) is 2.28. The Labute approximate surface area is 141 Å². The SMILES string of the molecule is Cc1ccccc1NC(=O)C(=O)NCC(C)(C)c1ccc(F)cc1. The molecule has 0 unspecified atom stereocenters. The molecule has 2 N–H and O–H groups in total. The average Bonchev–Trinajstić information content (AvgIpc) is 2.55. The minimum Gasteiger partial charge on any atom is -0.347 e. The lowest BCUT2D eigenvalue weighted by Gasteiger charge is -2.25. The van der Waals surface area contributed by atoms with Crippen LogP contribution in [0.15, 0.2) is 48.5 Å². The predicted octanol–water partition coefficient (Wildman–Crippen LogP) is 3.17. The highest BCUT2D eigenvalue weighted by Gasteiger charge is 2.23. The van der Waals surface area contributed by atoms with Crippen LogP contribution in [0, 0.1) is 12.7 Å². The van der Waals surface area contributed by atoms with E-state index in [0.717, 1.165) is 11.1 Å². The molecule has 0 atom stereocenters. The van der Waals surface area contributed by atoms with Crippen LogP contribution in [0.1, 0.15) is 25.0 Å². The minimum atomic E-state index is -0.709.